The van der Waals surface area contributed by atoms with Gasteiger partial charge in [0.05, 0.1) is 44.5 Å². The number of halogens is 4. The van der Waals surface area contributed by atoms with Crippen molar-refractivity contribution < 1.29 is 27.4 Å². The maximum absolute atomic E-state index is 13.4. The number of carbonyl (C=O) groups is 1. The molecule has 4 rings (SSSR count). The predicted octanol–water partition coefficient (Wildman–Crippen LogP) is 6.52. The summed E-state index contributed by atoms with van der Waals surface area (Å²) in [5, 5.41) is 3.80. The van der Waals surface area contributed by atoms with E-state index >= 15 is 0 Å². The Bertz CT molecular complexity index is 1400. The smallest absolute Gasteiger partial charge is 0.416 e. The Morgan fingerprint density at radius 2 is 1.74 bits per heavy atom. The van der Waals surface area contributed by atoms with E-state index < -0.39 is 23.8 Å². The van der Waals surface area contributed by atoms with Crippen molar-refractivity contribution in [1.82, 2.24) is 10.2 Å². The molecule has 10 heteroatoms. The quantitative estimate of drug-likeness (QED) is 0.335. The van der Waals surface area contributed by atoms with Crippen LogP contribution in [0.1, 0.15) is 35.2 Å². The third kappa shape index (κ3) is 6.54. The summed E-state index contributed by atoms with van der Waals surface area (Å²) in [5.74, 6) is 0.516. The lowest BCUT2D eigenvalue weighted by molar-refractivity contribution is -0.138. The number of alkyl halides is 3. The van der Waals surface area contributed by atoms with Gasteiger partial charge in [-0.2, -0.15) is 13.2 Å². The number of esters is 1. The van der Waals surface area contributed by atoms with Gasteiger partial charge >= 0.3 is 12.1 Å². The zero-order valence-electron chi connectivity index (χ0n) is 21.6. The Balaban J connectivity index is 1.80. The number of hydrogen-bond donors (Lipinski definition) is 1. The number of guanidine groups is 1. The number of aliphatic imine (C=N–C) groups is 1. The van der Waals surface area contributed by atoms with Crippen LogP contribution in [-0.4, -0.2) is 31.0 Å². The molecule has 0 aromatic heterocycles. The van der Waals surface area contributed by atoms with Crippen molar-refractivity contribution in [3.8, 4) is 5.75 Å². The number of nitrogens with one attached hydrogen (secondary N) is 1. The third-order valence-electron chi connectivity index (χ3n) is 6.37. The van der Waals surface area contributed by atoms with Crippen molar-refractivity contribution in [2.24, 2.45) is 4.99 Å². The van der Waals surface area contributed by atoms with E-state index in [1.807, 2.05) is 30.3 Å². The second-order valence-electron chi connectivity index (χ2n) is 8.90. The number of allylic oxidation sites excluding steroid dienone is 1. The molecule has 0 saturated heterocycles. The molecule has 0 amide bonds. The lowest BCUT2D eigenvalue weighted by Gasteiger charge is -2.38. The van der Waals surface area contributed by atoms with Gasteiger partial charge in [0, 0.05) is 10.7 Å². The van der Waals surface area contributed by atoms with Crippen LogP contribution in [0, 0.1) is 0 Å². The Hall–Kier alpha value is -3.98. The fourth-order valence-corrected chi connectivity index (χ4v) is 4.55. The minimum atomic E-state index is -4.48. The van der Waals surface area contributed by atoms with Crippen molar-refractivity contribution >= 4 is 23.5 Å². The average Bonchev–Trinajstić information content (AvgIpc) is 2.92. The Kier molecular flexibility index (Phi) is 8.50. The first kappa shape index (κ1) is 28.0. The SMILES string of the molecule is COC(=O)C1=C(C)N(Cc2cccc(C(F)(F)F)c2)C(=NCc2ccc(OC)cc2)NC1c1cccc(Cl)c1. The van der Waals surface area contributed by atoms with E-state index in [4.69, 9.17) is 26.1 Å². The van der Waals surface area contributed by atoms with E-state index in [0.29, 0.717) is 39.1 Å². The first-order valence-corrected chi connectivity index (χ1v) is 12.4. The highest BCUT2D eigenvalue weighted by Gasteiger charge is 2.36. The van der Waals surface area contributed by atoms with Crippen LogP contribution in [-0.2, 0) is 28.8 Å². The van der Waals surface area contributed by atoms with Gasteiger partial charge in [0.2, 0.25) is 0 Å². The van der Waals surface area contributed by atoms with Gasteiger partial charge < -0.3 is 19.7 Å². The van der Waals surface area contributed by atoms with Crippen molar-refractivity contribution in [3.05, 3.63) is 111 Å². The van der Waals surface area contributed by atoms with Crippen LogP contribution in [0.5, 0.6) is 5.75 Å². The molecule has 0 saturated carbocycles. The number of nitrogens with zero attached hydrogens (tertiary/aromatic N) is 2. The Morgan fingerprint density at radius 3 is 2.38 bits per heavy atom. The van der Waals surface area contributed by atoms with Gasteiger partial charge in [-0.15, -0.1) is 0 Å². The highest BCUT2D eigenvalue weighted by Crippen LogP contribution is 2.34. The minimum Gasteiger partial charge on any atom is -0.497 e. The monoisotopic (exact) mass is 557 g/mol. The van der Waals surface area contributed by atoms with E-state index in [0.717, 1.165) is 17.7 Å². The molecule has 1 N–H and O–H groups in total. The summed E-state index contributed by atoms with van der Waals surface area (Å²) in [6, 6.07) is 18.9. The Morgan fingerprint density at radius 1 is 1.03 bits per heavy atom. The summed E-state index contributed by atoms with van der Waals surface area (Å²) in [4.78, 5) is 19.5. The molecule has 1 aliphatic heterocycles. The minimum absolute atomic E-state index is 0.0347. The van der Waals surface area contributed by atoms with Crippen LogP contribution in [0.15, 0.2) is 89.1 Å². The van der Waals surface area contributed by atoms with Crippen LogP contribution in [0.3, 0.4) is 0 Å². The topological polar surface area (TPSA) is 63.2 Å². The summed E-state index contributed by atoms with van der Waals surface area (Å²) in [5.41, 5.74) is 2.04. The van der Waals surface area contributed by atoms with Crippen LogP contribution >= 0.6 is 11.6 Å². The second-order valence-corrected chi connectivity index (χ2v) is 9.33. The van der Waals surface area contributed by atoms with Crippen LogP contribution in [0.2, 0.25) is 5.02 Å². The van der Waals surface area contributed by atoms with Gasteiger partial charge in [-0.1, -0.05) is 48.0 Å². The van der Waals surface area contributed by atoms with Gasteiger partial charge in [0.1, 0.15) is 5.75 Å². The first-order chi connectivity index (χ1) is 18.6. The predicted molar refractivity (Wildman–Crippen MR) is 143 cm³/mol. The van der Waals surface area contributed by atoms with E-state index in [1.165, 1.54) is 13.2 Å². The number of methoxy groups -OCH3 is 2. The molecule has 0 spiro atoms. The molecular weight excluding hydrogens is 531 g/mol. The molecule has 3 aromatic rings. The third-order valence-corrected chi connectivity index (χ3v) is 6.60. The number of hydrogen-bond acceptors (Lipinski definition) is 4. The number of benzene rings is 3. The molecule has 204 valence electrons. The van der Waals surface area contributed by atoms with Crippen LogP contribution < -0.4 is 10.1 Å². The summed E-state index contributed by atoms with van der Waals surface area (Å²) >= 11 is 6.25. The second kappa shape index (κ2) is 11.8. The van der Waals surface area contributed by atoms with E-state index in [-0.39, 0.29) is 13.1 Å². The molecule has 39 heavy (non-hydrogen) atoms. The average molecular weight is 558 g/mol. The van der Waals surface area contributed by atoms with Crippen molar-refractivity contribution in [2.75, 3.05) is 14.2 Å². The first-order valence-electron chi connectivity index (χ1n) is 12.0. The standard InChI is InChI=1S/C29H27ClF3N3O3/c1-18-25(27(37)39-3)26(21-7-5-9-23(30)15-21)35-28(34-16-19-10-12-24(38-2)13-11-19)36(18)17-20-6-4-8-22(14-20)29(31,32)33/h4-15,26H,16-17H2,1-3H3,(H,34,35). The normalized spacial score (nSPS) is 16.7. The molecule has 6 nitrogen and oxygen atoms in total. The maximum Gasteiger partial charge on any atom is 0.416 e. The number of ether oxygens (including phenoxy) is 2. The molecule has 0 aliphatic carbocycles. The molecule has 1 atom stereocenters. The van der Waals surface area contributed by atoms with Crippen LogP contribution in [0.25, 0.3) is 0 Å². The summed E-state index contributed by atoms with van der Waals surface area (Å²) in [7, 11) is 2.86. The van der Waals surface area contributed by atoms with Gasteiger partial charge in [0.25, 0.3) is 0 Å². The number of rotatable bonds is 7. The van der Waals surface area contributed by atoms with Gasteiger partial charge in [0.15, 0.2) is 5.96 Å². The van der Waals surface area contributed by atoms with Crippen molar-refractivity contribution in [3.63, 3.8) is 0 Å². The summed E-state index contributed by atoms with van der Waals surface area (Å²) in [6.07, 6.45) is -4.48. The van der Waals surface area contributed by atoms with E-state index in [9.17, 15) is 18.0 Å². The highest BCUT2D eigenvalue weighted by atomic mass is 35.5. The lowest BCUT2D eigenvalue weighted by Crippen LogP contribution is -2.48. The lowest BCUT2D eigenvalue weighted by atomic mass is 9.94. The zero-order valence-corrected chi connectivity index (χ0v) is 22.3. The largest absolute Gasteiger partial charge is 0.497 e. The molecular formula is C29H27ClF3N3O3. The van der Waals surface area contributed by atoms with Crippen molar-refractivity contribution in [2.45, 2.75) is 32.2 Å². The van der Waals surface area contributed by atoms with E-state index in [2.05, 4.69) is 5.32 Å². The van der Waals surface area contributed by atoms with Crippen molar-refractivity contribution in [1.29, 1.82) is 0 Å². The summed E-state index contributed by atoms with van der Waals surface area (Å²) in [6.45, 7) is 2.03. The molecule has 3 aromatic carbocycles. The van der Waals surface area contributed by atoms with Crippen LogP contribution in [0.4, 0.5) is 13.2 Å². The molecule has 0 fully saturated rings. The fourth-order valence-electron chi connectivity index (χ4n) is 4.35. The zero-order chi connectivity index (χ0) is 28.2. The number of carbonyl (C=O) groups excluding carboxylic acids is 1. The fraction of sp³-hybridized carbons (Fsp3) is 0.241. The molecule has 1 unspecified atom stereocenters. The molecule has 1 aliphatic rings. The molecule has 0 radical (unpaired) electrons. The van der Waals surface area contributed by atoms with Gasteiger partial charge in [-0.05, 0) is 60.0 Å². The molecule has 1 heterocycles. The summed E-state index contributed by atoms with van der Waals surface area (Å²) < 4.78 is 50.5. The van der Waals surface area contributed by atoms with Gasteiger partial charge in [-0.25, -0.2) is 9.79 Å². The highest BCUT2D eigenvalue weighted by molar-refractivity contribution is 6.30. The van der Waals surface area contributed by atoms with E-state index in [1.54, 1.807) is 43.2 Å². The maximum atomic E-state index is 13.4. The molecule has 0 bridgehead atoms. The Labute approximate surface area is 229 Å². The van der Waals surface area contributed by atoms with Gasteiger partial charge in [-0.3, -0.25) is 0 Å².